The predicted octanol–water partition coefficient (Wildman–Crippen LogP) is 2.18. The van der Waals surface area contributed by atoms with Gasteiger partial charge in [-0.1, -0.05) is 0 Å². The van der Waals surface area contributed by atoms with Gasteiger partial charge >= 0.3 is 0 Å². The fourth-order valence-corrected chi connectivity index (χ4v) is 1.57. The fraction of sp³-hybridized carbons (Fsp3) is 0.200. The number of rotatable bonds is 2. The molecule has 0 saturated carbocycles. The highest BCUT2D eigenvalue weighted by molar-refractivity contribution is 9.10. The SMILES string of the molecule is CN(CC#N)C(=O)c1ccc(F)cc1Br. The minimum absolute atomic E-state index is 0.00263. The largest absolute Gasteiger partial charge is 0.328 e. The second-order valence-corrected chi connectivity index (χ2v) is 3.80. The summed E-state index contributed by atoms with van der Waals surface area (Å²) in [4.78, 5) is 13.0. The van der Waals surface area contributed by atoms with Gasteiger partial charge in [0.1, 0.15) is 12.4 Å². The van der Waals surface area contributed by atoms with Crippen molar-refractivity contribution in [2.24, 2.45) is 0 Å². The highest BCUT2D eigenvalue weighted by atomic mass is 79.9. The molecule has 0 bridgehead atoms. The van der Waals surface area contributed by atoms with Crippen molar-refractivity contribution in [1.82, 2.24) is 4.90 Å². The standard InChI is InChI=1S/C10H8BrFN2O/c1-14(5-4-13)10(15)8-3-2-7(12)6-9(8)11/h2-3,6H,5H2,1H3. The van der Waals surface area contributed by atoms with E-state index in [0.29, 0.717) is 10.0 Å². The molecule has 0 fully saturated rings. The molecule has 0 atom stereocenters. The van der Waals surface area contributed by atoms with Crippen LogP contribution in [-0.4, -0.2) is 24.4 Å². The predicted molar refractivity (Wildman–Crippen MR) is 56.7 cm³/mol. The fourth-order valence-electron chi connectivity index (χ4n) is 1.05. The minimum atomic E-state index is -0.415. The van der Waals surface area contributed by atoms with Gasteiger partial charge in [0, 0.05) is 11.5 Å². The lowest BCUT2D eigenvalue weighted by molar-refractivity contribution is 0.0811. The number of amides is 1. The molecule has 78 valence electrons. The van der Waals surface area contributed by atoms with Crippen LogP contribution >= 0.6 is 15.9 Å². The molecule has 1 aromatic carbocycles. The summed E-state index contributed by atoms with van der Waals surface area (Å²) in [7, 11) is 1.52. The minimum Gasteiger partial charge on any atom is -0.328 e. The van der Waals surface area contributed by atoms with Crippen LogP contribution in [0.4, 0.5) is 4.39 Å². The summed E-state index contributed by atoms with van der Waals surface area (Å²) in [6.07, 6.45) is 0. The Morgan fingerprint density at radius 3 is 2.87 bits per heavy atom. The monoisotopic (exact) mass is 270 g/mol. The first-order valence-corrected chi connectivity index (χ1v) is 4.93. The summed E-state index contributed by atoms with van der Waals surface area (Å²) in [6.45, 7) is 0.00263. The Hall–Kier alpha value is -1.41. The van der Waals surface area contributed by atoms with Gasteiger partial charge in [-0.25, -0.2) is 4.39 Å². The maximum atomic E-state index is 12.8. The Kier molecular flexibility index (Phi) is 3.81. The lowest BCUT2D eigenvalue weighted by atomic mass is 10.2. The van der Waals surface area contributed by atoms with Gasteiger partial charge in [0.05, 0.1) is 11.6 Å². The zero-order valence-corrected chi connectivity index (χ0v) is 9.58. The third kappa shape index (κ3) is 2.77. The molecule has 1 aromatic rings. The highest BCUT2D eigenvalue weighted by Gasteiger charge is 2.14. The van der Waals surface area contributed by atoms with Crippen molar-refractivity contribution in [3.05, 3.63) is 34.1 Å². The van der Waals surface area contributed by atoms with E-state index in [9.17, 15) is 9.18 Å². The van der Waals surface area contributed by atoms with Crippen molar-refractivity contribution in [1.29, 1.82) is 5.26 Å². The van der Waals surface area contributed by atoms with Crippen LogP contribution in [0, 0.1) is 17.1 Å². The van der Waals surface area contributed by atoms with E-state index >= 15 is 0 Å². The third-order valence-electron chi connectivity index (χ3n) is 1.82. The third-order valence-corrected chi connectivity index (χ3v) is 2.47. The first kappa shape index (κ1) is 11.7. The van der Waals surface area contributed by atoms with E-state index in [0.717, 1.165) is 0 Å². The van der Waals surface area contributed by atoms with Crippen molar-refractivity contribution in [3.8, 4) is 6.07 Å². The number of nitrogens with zero attached hydrogens (tertiary/aromatic N) is 2. The number of carbonyl (C=O) groups excluding carboxylic acids is 1. The summed E-state index contributed by atoms with van der Waals surface area (Å²) < 4.78 is 13.1. The lowest BCUT2D eigenvalue weighted by Gasteiger charge is -2.13. The molecule has 0 radical (unpaired) electrons. The van der Waals surface area contributed by atoms with Gasteiger partial charge < -0.3 is 4.90 Å². The van der Waals surface area contributed by atoms with E-state index in [2.05, 4.69) is 15.9 Å². The van der Waals surface area contributed by atoms with E-state index in [4.69, 9.17) is 5.26 Å². The molecule has 0 heterocycles. The molecule has 1 rings (SSSR count). The molecule has 0 N–H and O–H groups in total. The van der Waals surface area contributed by atoms with Gasteiger partial charge in [0.15, 0.2) is 0 Å². The van der Waals surface area contributed by atoms with Crippen LogP contribution < -0.4 is 0 Å². The summed E-state index contributed by atoms with van der Waals surface area (Å²) >= 11 is 3.10. The first-order valence-electron chi connectivity index (χ1n) is 4.13. The first-order chi connectivity index (χ1) is 7.06. The lowest BCUT2D eigenvalue weighted by Crippen LogP contribution is -2.27. The highest BCUT2D eigenvalue weighted by Crippen LogP contribution is 2.19. The number of halogens is 2. The number of nitriles is 1. The normalized spacial score (nSPS) is 9.47. The van der Waals surface area contributed by atoms with Crippen LogP contribution in [-0.2, 0) is 0 Å². The maximum Gasteiger partial charge on any atom is 0.255 e. The van der Waals surface area contributed by atoms with E-state index in [1.165, 1.54) is 30.1 Å². The van der Waals surface area contributed by atoms with Crippen LogP contribution in [0.2, 0.25) is 0 Å². The second-order valence-electron chi connectivity index (χ2n) is 2.94. The van der Waals surface area contributed by atoms with Crippen LogP contribution in [0.5, 0.6) is 0 Å². The Balaban J connectivity index is 2.97. The van der Waals surface area contributed by atoms with Crippen LogP contribution in [0.25, 0.3) is 0 Å². The Bertz CT molecular complexity index is 428. The number of hydrogen-bond donors (Lipinski definition) is 0. The van der Waals surface area contributed by atoms with E-state index < -0.39 is 5.82 Å². The summed E-state index contributed by atoms with van der Waals surface area (Å²) in [5.74, 6) is -0.732. The molecular weight excluding hydrogens is 263 g/mol. The van der Waals surface area contributed by atoms with Gasteiger partial charge in [-0.15, -0.1) is 0 Å². The van der Waals surface area contributed by atoms with Gasteiger partial charge in [-0.05, 0) is 34.1 Å². The molecule has 0 aliphatic heterocycles. The summed E-state index contributed by atoms with van der Waals surface area (Å²) in [5.41, 5.74) is 0.342. The van der Waals surface area contributed by atoms with Crippen LogP contribution in [0.3, 0.4) is 0 Å². The summed E-state index contributed by atoms with van der Waals surface area (Å²) in [5, 5.41) is 8.43. The van der Waals surface area contributed by atoms with Crippen molar-refractivity contribution in [2.45, 2.75) is 0 Å². The molecule has 1 amide bonds. The molecule has 0 aromatic heterocycles. The van der Waals surface area contributed by atoms with Crippen molar-refractivity contribution < 1.29 is 9.18 Å². The molecule has 15 heavy (non-hydrogen) atoms. The zero-order valence-electron chi connectivity index (χ0n) is 8.00. The van der Waals surface area contributed by atoms with Crippen LogP contribution in [0.1, 0.15) is 10.4 Å². The van der Waals surface area contributed by atoms with Crippen molar-refractivity contribution >= 4 is 21.8 Å². The number of hydrogen-bond acceptors (Lipinski definition) is 2. The van der Waals surface area contributed by atoms with Crippen molar-refractivity contribution in [3.63, 3.8) is 0 Å². The average molecular weight is 271 g/mol. The molecule has 0 aliphatic carbocycles. The second kappa shape index (κ2) is 4.89. The Morgan fingerprint density at radius 2 is 2.33 bits per heavy atom. The Labute approximate surface area is 95.2 Å². The zero-order chi connectivity index (χ0) is 11.4. The topological polar surface area (TPSA) is 44.1 Å². The maximum absolute atomic E-state index is 12.8. The molecular formula is C10H8BrFN2O. The smallest absolute Gasteiger partial charge is 0.255 e. The molecule has 5 heteroatoms. The molecule has 0 spiro atoms. The van der Waals surface area contributed by atoms with Gasteiger partial charge in [0.25, 0.3) is 5.91 Å². The van der Waals surface area contributed by atoms with E-state index in [-0.39, 0.29) is 12.5 Å². The quantitative estimate of drug-likeness (QED) is 0.774. The summed E-state index contributed by atoms with van der Waals surface area (Å²) in [6, 6.07) is 5.67. The van der Waals surface area contributed by atoms with Crippen LogP contribution in [0.15, 0.2) is 22.7 Å². The van der Waals surface area contributed by atoms with Crippen molar-refractivity contribution in [2.75, 3.05) is 13.6 Å². The van der Waals surface area contributed by atoms with E-state index in [1.54, 1.807) is 0 Å². The van der Waals surface area contributed by atoms with Gasteiger partial charge in [0.2, 0.25) is 0 Å². The van der Waals surface area contributed by atoms with Gasteiger partial charge in [-0.3, -0.25) is 4.79 Å². The average Bonchev–Trinajstić information content (AvgIpc) is 2.17. The molecule has 0 aliphatic rings. The van der Waals surface area contributed by atoms with E-state index in [1.807, 2.05) is 6.07 Å². The molecule has 3 nitrogen and oxygen atoms in total. The number of carbonyl (C=O) groups is 1. The molecule has 0 saturated heterocycles. The Morgan fingerprint density at radius 1 is 1.67 bits per heavy atom. The number of benzene rings is 1. The van der Waals surface area contributed by atoms with Gasteiger partial charge in [-0.2, -0.15) is 5.26 Å². The molecule has 0 unspecified atom stereocenters.